The van der Waals surface area contributed by atoms with E-state index in [0.717, 1.165) is 30.8 Å². The predicted molar refractivity (Wildman–Crippen MR) is 147 cm³/mol. The molecule has 196 valence electrons. The van der Waals surface area contributed by atoms with Crippen LogP contribution in [0, 0.1) is 17.1 Å². The first-order valence-electron chi connectivity index (χ1n) is 13.3. The molecule has 2 fully saturated rings. The van der Waals surface area contributed by atoms with Gasteiger partial charge in [0, 0.05) is 51.9 Å². The number of nitriles is 1. The molecule has 0 unspecified atom stereocenters. The number of likely N-dealkylation sites (tertiary alicyclic amines) is 1. The third kappa shape index (κ3) is 5.88. The molecule has 5 rings (SSSR count). The molecule has 0 aromatic heterocycles. The first-order chi connectivity index (χ1) is 18.5. The third-order valence-corrected chi connectivity index (χ3v) is 7.80. The van der Waals surface area contributed by atoms with E-state index in [1.54, 1.807) is 12.1 Å². The summed E-state index contributed by atoms with van der Waals surface area (Å²) in [6, 6.07) is 27.0. The molecule has 0 radical (unpaired) electrons. The van der Waals surface area contributed by atoms with Crippen LogP contribution in [0.5, 0.6) is 0 Å². The summed E-state index contributed by atoms with van der Waals surface area (Å²) in [5.74, 6) is -0.0478. The number of benzene rings is 3. The van der Waals surface area contributed by atoms with Crippen molar-refractivity contribution in [2.75, 3.05) is 44.7 Å². The van der Waals surface area contributed by atoms with E-state index in [1.165, 1.54) is 11.6 Å². The topological polar surface area (TPSA) is 53.8 Å². The normalized spacial score (nSPS) is 20.1. The first-order valence-corrected chi connectivity index (χ1v) is 13.3. The van der Waals surface area contributed by atoms with Gasteiger partial charge in [-0.2, -0.15) is 5.26 Å². The molecular formula is C31H34FN5O. The lowest BCUT2D eigenvalue weighted by Gasteiger charge is -2.38. The Hall–Kier alpha value is -3.73. The molecule has 2 atom stereocenters. The quantitative estimate of drug-likeness (QED) is 0.478. The molecule has 38 heavy (non-hydrogen) atoms. The fraction of sp³-hybridized carbons (Fsp3) is 0.355. The third-order valence-electron chi connectivity index (χ3n) is 7.80. The van der Waals surface area contributed by atoms with Crippen molar-refractivity contribution in [2.24, 2.45) is 0 Å². The zero-order valence-electron chi connectivity index (χ0n) is 21.8. The van der Waals surface area contributed by atoms with Gasteiger partial charge in [-0.3, -0.25) is 14.6 Å². The smallest absolute Gasteiger partial charge is 0.240 e. The van der Waals surface area contributed by atoms with Crippen molar-refractivity contribution in [3.05, 3.63) is 101 Å². The van der Waals surface area contributed by atoms with Crippen LogP contribution >= 0.6 is 0 Å². The molecule has 2 aliphatic heterocycles. The van der Waals surface area contributed by atoms with Crippen LogP contribution in [0.25, 0.3) is 0 Å². The number of nitrogens with zero attached hydrogens (tertiary/aromatic N) is 5. The molecule has 6 nitrogen and oxygen atoms in total. The highest BCUT2D eigenvalue weighted by Gasteiger charge is 2.40. The highest BCUT2D eigenvalue weighted by molar-refractivity contribution is 5.82. The molecule has 0 spiro atoms. The van der Waals surface area contributed by atoms with Gasteiger partial charge in [-0.05, 0) is 48.9 Å². The summed E-state index contributed by atoms with van der Waals surface area (Å²) in [5, 5.41) is 9.49. The first kappa shape index (κ1) is 25.9. The summed E-state index contributed by atoms with van der Waals surface area (Å²) in [4.78, 5) is 22.6. The molecule has 0 N–H and O–H groups in total. The van der Waals surface area contributed by atoms with E-state index in [2.05, 4.69) is 39.9 Å². The van der Waals surface area contributed by atoms with Crippen molar-refractivity contribution in [1.29, 1.82) is 5.26 Å². The number of likely N-dealkylation sites (N-methyl/N-ethyl adjacent to an activating group) is 1. The van der Waals surface area contributed by atoms with Gasteiger partial charge in [0.1, 0.15) is 11.9 Å². The number of piperazine rings is 1. The number of rotatable bonds is 7. The molecule has 3 aromatic rings. The Balaban J connectivity index is 1.28. The largest absolute Gasteiger partial charge is 0.367 e. The number of hydrogen-bond donors (Lipinski definition) is 0. The zero-order valence-corrected chi connectivity index (χ0v) is 21.8. The van der Waals surface area contributed by atoms with Gasteiger partial charge in [-0.15, -0.1) is 0 Å². The maximum absolute atomic E-state index is 13.9. The molecule has 0 saturated carbocycles. The van der Waals surface area contributed by atoms with Crippen molar-refractivity contribution >= 4 is 11.6 Å². The van der Waals surface area contributed by atoms with Gasteiger partial charge in [0.2, 0.25) is 5.91 Å². The Morgan fingerprint density at radius 1 is 0.974 bits per heavy atom. The highest BCUT2D eigenvalue weighted by Crippen LogP contribution is 2.28. The monoisotopic (exact) mass is 511 g/mol. The van der Waals surface area contributed by atoms with Crippen LogP contribution in [0.1, 0.15) is 23.1 Å². The minimum atomic E-state index is -0.224. The van der Waals surface area contributed by atoms with Crippen LogP contribution in [0.3, 0.4) is 0 Å². The molecule has 0 bridgehead atoms. The van der Waals surface area contributed by atoms with E-state index in [9.17, 15) is 14.4 Å². The van der Waals surface area contributed by atoms with Gasteiger partial charge >= 0.3 is 0 Å². The van der Waals surface area contributed by atoms with Gasteiger partial charge in [-0.1, -0.05) is 54.6 Å². The van der Waals surface area contributed by atoms with Crippen molar-refractivity contribution in [2.45, 2.75) is 31.6 Å². The van der Waals surface area contributed by atoms with Crippen molar-refractivity contribution in [3.8, 4) is 6.07 Å². The van der Waals surface area contributed by atoms with E-state index in [4.69, 9.17) is 0 Å². The molecule has 0 aliphatic carbocycles. The summed E-state index contributed by atoms with van der Waals surface area (Å²) in [5.41, 5.74) is 3.73. The van der Waals surface area contributed by atoms with E-state index < -0.39 is 0 Å². The Morgan fingerprint density at radius 3 is 2.42 bits per heavy atom. The number of hydrogen-bond acceptors (Lipinski definition) is 5. The van der Waals surface area contributed by atoms with Crippen molar-refractivity contribution in [1.82, 2.24) is 14.7 Å². The zero-order chi connectivity index (χ0) is 26.5. The van der Waals surface area contributed by atoms with Crippen LogP contribution < -0.4 is 4.90 Å². The van der Waals surface area contributed by atoms with Crippen LogP contribution in [-0.4, -0.2) is 72.5 Å². The fourth-order valence-electron chi connectivity index (χ4n) is 5.72. The summed E-state index contributed by atoms with van der Waals surface area (Å²) in [6.45, 7) is 4.83. The van der Waals surface area contributed by atoms with E-state index in [-0.39, 0.29) is 23.8 Å². The number of carbonyl (C=O) groups excluding carboxylic acids is 1. The average Bonchev–Trinajstić information content (AvgIpc) is 3.37. The number of carbonyl (C=O) groups is 1. The van der Waals surface area contributed by atoms with Crippen LogP contribution in [-0.2, 0) is 17.9 Å². The Kier molecular flexibility index (Phi) is 8.02. The number of anilines is 1. The summed E-state index contributed by atoms with van der Waals surface area (Å²) in [7, 11) is 2.06. The maximum atomic E-state index is 13.9. The van der Waals surface area contributed by atoms with Gasteiger partial charge in [-0.25, -0.2) is 4.39 Å². The van der Waals surface area contributed by atoms with Crippen molar-refractivity contribution in [3.63, 3.8) is 0 Å². The second-order valence-corrected chi connectivity index (χ2v) is 10.3. The molecule has 1 amide bonds. The molecule has 7 heteroatoms. The number of para-hydroxylation sites is 1. The average molecular weight is 512 g/mol. The Bertz CT molecular complexity index is 1280. The van der Waals surface area contributed by atoms with Crippen LogP contribution in [0.15, 0.2) is 78.9 Å². The maximum Gasteiger partial charge on any atom is 0.240 e. The second kappa shape index (κ2) is 11.8. The predicted octanol–water partition coefficient (Wildman–Crippen LogP) is 4.12. The minimum absolute atomic E-state index is 0.177. The molecular weight excluding hydrogens is 477 g/mol. The van der Waals surface area contributed by atoms with E-state index in [1.807, 2.05) is 53.4 Å². The Labute approximate surface area is 224 Å². The van der Waals surface area contributed by atoms with Crippen LogP contribution in [0.2, 0.25) is 0 Å². The number of halogens is 1. The van der Waals surface area contributed by atoms with Crippen molar-refractivity contribution < 1.29 is 9.18 Å². The fourth-order valence-corrected chi connectivity index (χ4v) is 5.72. The summed E-state index contributed by atoms with van der Waals surface area (Å²) in [6.07, 6.45) is 0.745. The van der Waals surface area contributed by atoms with Crippen LogP contribution in [0.4, 0.5) is 10.1 Å². The van der Waals surface area contributed by atoms with Gasteiger partial charge in [0.05, 0.1) is 17.3 Å². The number of amides is 1. The summed E-state index contributed by atoms with van der Waals surface area (Å²) < 4.78 is 13.8. The minimum Gasteiger partial charge on any atom is -0.367 e. The Morgan fingerprint density at radius 2 is 1.68 bits per heavy atom. The summed E-state index contributed by atoms with van der Waals surface area (Å²) >= 11 is 0. The lowest BCUT2D eigenvalue weighted by molar-refractivity contribution is -0.136. The lowest BCUT2D eigenvalue weighted by Crippen LogP contribution is -2.53. The molecule has 2 aliphatic rings. The van der Waals surface area contributed by atoms with E-state index in [0.29, 0.717) is 38.3 Å². The highest BCUT2D eigenvalue weighted by atomic mass is 19.1. The molecule has 2 heterocycles. The molecule has 2 saturated heterocycles. The van der Waals surface area contributed by atoms with Gasteiger partial charge in [0.15, 0.2) is 0 Å². The SMILES string of the molecule is CN(Cc1cccc(F)c1)[C@H]1C[C@@H](C(=O)N2CCN(c3ccccc3C#N)CC2)N(Cc2ccccc2)C1. The van der Waals surface area contributed by atoms with Gasteiger partial charge < -0.3 is 9.80 Å². The lowest BCUT2D eigenvalue weighted by atomic mass is 10.1. The van der Waals surface area contributed by atoms with Gasteiger partial charge in [0.25, 0.3) is 0 Å². The van der Waals surface area contributed by atoms with E-state index >= 15 is 0 Å². The standard InChI is InChI=1S/C31H34FN5O/c1-34(21-25-10-7-12-27(32)18-25)28-19-30(37(23-28)22-24-8-3-2-4-9-24)31(38)36-16-14-35(15-17-36)29-13-6-5-11-26(29)20-33/h2-13,18,28,30H,14-17,19,21-23H2,1H3/t28-,30-/m0/s1. The molecule has 3 aromatic carbocycles. The second-order valence-electron chi connectivity index (χ2n) is 10.3.